The summed E-state index contributed by atoms with van der Waals surface area (Å²) in [5.41, 5.74) is 0.428. The lowest BCUT2D eigenvalue weighted by Crippen LogP contribution is -2.50. The predicted molar refractivity (Wildman–Crippen MR) is 99.8 cm³/mol. The molecule has 144 valence electrons. The van der Waals surface area contributed by atoms with E-state index in [0.717, 1.165) is 32.5 Å². The first kappa shape index (κ1) is 19.5. The monoisotopic (exact) mass is 380 g/mol. The van der Waals surface area contributed by atoms with Crippen LogP contribution >= 0.6 is 0 Å². The molecule has 0 amide bonds. The number of hydrogen-bond donors (Lipinski definition) is 0. The second kappa shape index (κ2) is 7.76. The quantitative estimate of drug-likeness (QED) is 0.732. The molecule has 0 bridgehead atoms. The maximum atomic E-state index is 13.2. The van der Waals surface area contributed by atoms with Crippen LogP contribution in [0.1, 0.15) is 44.0 Å². The van der Waals surface area contributed by atoms with Crippen LogP contribution < -0.4 is 0 Å². The molecule has 3 unspecified atom stereocenters. The highest BCUT2D eigenvalue weighted by Gasteiger charge is 2.37. The number of ether oxygens (including phenoxy) is 1. The van der Waals surface area contributed by atoms with Gasteiger partial charge in [0.2, 0.25) is 10.0 Å². The molecule has 1 aromatic rings. The largest absolute Gasteiger partial charge is 0.373 e. The van der Waals surface area contributed by atoms with Gasteiger partial charge in [0, 0.05) is 37.8 Å². The molecule has 6 nitrogen and oxygen atoms in total. The molecule has 3 atom stereocenters. The van der Waals surface area contributed by atoms with Gasteiger partial charge in [-0.25, -0.2) is 8.42 Å². The van der Waals surface area contributed by atoms with E-state index >= 15 is 0 Å². The van der Waals surface area contributed by atoms with Crippen LogP contribution in [0.25, 0.3) is 0 Å². The number of rotatable bonds is 5. The Morgan fingerprint density at radius 1 is 1.23 bits per heavy atom. The second-order valence-corrected chi connectivity index (χ2v) is 9.36. The van der Waals surface area contributed by atoms with Crippen molar-refractivity contribution in [1.82, 2.24) is 9.21 Å². The Morgan fingerprint density at radius 3 is 2.58 bits per heavy atom. The minimum atomic E-state index is -3.60. The van der Waals surface area contributed by atoms with Crippen LogP contribution in [-0.4, -0.2) is 67.8 Å². The van der Waals surface area contributed by atoms with E-state index < -0.39 is 10.0 Å². The normalized spacial score (nSPS) is 28.3. The Labute approximate surface area is 156 Å². The zero-order valence-corrected chi connectivity index (χ0v) is 16.5. The maximum absolute atomic E-state index is 13.2. The summed E-state index contributed by atoms with van der Waals surface area (Å²) in [4.78, 5) is 14.1. The van der Waals surface area contributed by atoms with Crippen LogP contribution in [0, 0.1) is 0 Å². The van der Waals surface area contributed by atoms with Gasteiger partial charge in [-0.3, -0.25) is 9.69 Å². The summed E-state index contributed by atoms with van der Waals surface area (Å²) < 4.78 is 33.7. The van der Waals surface area contributed by atoms with Gasteiger partial charge in [0.15, 0.2) is 5.78 Å². The molecule has 0 saturated carbocycles. The first-order valence-electron chi connectivity index (χ1n) is 9.28. The fourth-order valence-electron chi connectivity index (χ4n) is 4.05. The molecular formula is C19H28N2O4S. The molecule has 0 aliphatic carbocycles. The van der Waals surface area contributed by atoms with Gasteiger partial charge in [-0.1, -0.05) is 12.1 Å². The van der Waals surface area contributed by atoms with Crippen molar-refractivity contribution >= 4 is 15.8 Å². The van der Waals surface area contributed by atoms with E-state index in [1.54, 1.807) is 22.5 Å². The molecule has 2 saturated heterocycles. The SMILES string of the molecule is CC(=O)c1cccc(S(=O)(=O)N2CCCC2CN2CC(C)OC(C)C2)c1. The number of carbonyl (C=O) groups is 1. The number of ketones is 1. The molecule has 2 heterocycles. The van der Waals surface area contributed by atoms with Crippen LogP contribution in [0.3, 0.4) is 0 Å². The van der Waals surface area contributed by atoms with Gasteiger partial charge in [-0.15, -0.1) is 0 Å². The van der Waals surface area contributed by atoms with Crippen molar-refractivity contribution in [1.29, 1.82) is 0 Å². The fraction of sp³-hybridized carbons (Fsp3) is 0.632. The molecule has 2 aliphatic heterocycles. The van der Waals surface area contributed by atoms with Gasteiger partial charge < -0.3 is 4.74 Å². The highest BCUT2D eigenvalue weighted by molar-refractivity contribution is 7.89. The van der Waals surface area contributed by atoms with Gasteiger partial charge in [-0.05, 0) is 45.7 Å². The van der Waals surface area contributed by atoms with Gasteiger partial charge >= 0.3 is 0 Å². The number of sulfonamides is 1. The molecule has 0 radical (unpaired) electrons. The number of nitrogens with zero attached hydrogens (tertiary/aromatic N) is 2. The van der Waals surface area contributed by atoms with Crippen molar-refractivity contribution in [3.8, 4) is 0 Å². The van der Waals surface area contributed by atoms with Crippen LogP contribution in [0.15, 0.2) is 29.2 Å². The van der Waals surface area contributed by atoms with Crippen molar-refractivity contribution in [3.63, 3.8) is 0 Å². The maximum Gasteiger partial charge on any atom is 0.243 e. The van der Waals surface area contributed by atoms with E-state index in [9.17, 15) is 13.2 Å². The smallest absolute Gasteiger partial charge is 0.243 e. The molecular weight excluding hydrogens is 352 g/mol. The average molecular weight is 381 g/mol. The highest BCUT2D eigenvalue weighted by Crippen LogP contribution is 2.28. The lowest BCUT2D eigenvalue weighted by Gasteiger charge is -2.38. The van der Waals surface area contributed by atoms with Gasteiger partial charge in [0.25, 0.3) is 0 Å². The lowest BCUT2D eigenvalue weighted by molar-refractivity contribution is -0.0707. The zero-order chi connectivity index (χ0) is 18.9. The lowest BCUT2D eigenvalue weighted by atomic mass is 10.1. The number of carbonyl (C=O) groups excluding carboxylic acids is 1. The Bertz CT molecular complexity index is 755. The van der Waals surface area contributed by atoms with E-state index in [0.29, 0.717) is 12.1 Å². The number of Topliss-reactive ketones (excluding diaryl/α,β-unsaturated/α-hetero) is 1. The van der Waals surface area contributed by atoms with Gasteiger partial charge in [-0.2, -0.15) is 4.31 Å². The van der Waals surface area contributed by atoms with E-state index in [2.05, 4.69) is 18.7 Å². The summed E-state index contributed by atoms with van der Waals surface area (Å²) in [7, 11) is -3.60. The highest BCUT2D eigenvalue weighted by atomic mass is 32.2. The standard InChI is InChI=1S/C19H28N2O4S/c1-14-11-20(12-15(2)25-14)13-18-7-5-9-21(18)26(23,24)19-8-4-6-17(10-19)16(3)22/h4,6,8,10,14-15,18H,5,7,9,11-13H2,1-3H3. The van der Waals surface area contributed by atoms with Crippen molar-refractivity contribution in [2.24, 2.45) is 0 Å². The van der Waals surface area contributed by atoms with Crippen LogP contribution in [0.5, 0.6) is 0 Å². The third-order valence-electron chi connectivity index (χ3n) is 5.13. The summed E-state index contributed by atoms with van der Waals surface area (Å²) in [6.45, 7) is 8.48. The second-order valence-electron chi connectivity index (χ2n) is 7.47. The molecule has 2 aliphatic rings. The van der Waals surface area contributed by atoms with E-state index in [1.807, 2.05) is 0 Å². The minimum Gasteiger partial charge on any atom is -0.373 e. The number of benzene rings is 1. The van der Waals surface area contributed by atoms with E-state index in [4.69, 9.17) is 4.74 Å². The summed E-state index contributed by atoms with van der Waals surface area (Å²) in [6.07, 6.45) is 2.06. The molecule has 7 heteroatoms. The average Bonchev–Trinajstić information content (AvgIpc) is 3.03. The predicted octanol–water partition coefficient (Wildman–Crippen LogP) is 2.15. The fourth-order valence-corrected chi connectivity index (χ4v) is 5.78. The summed E-state index contributed by atoms with van der Waals surface area (Å²) >= 11 is 0. The molecule has 26 heavy (non-hydrogen) atoms. The molecule has 3 rings (SSSR count). The van der Waals surface area contributed by atoms with Gasteiger partial charge in [0.1, 0.15) is 0 Å². The number of morpholine rings is 1. The first-order chi connectivity index (χ1) is 12.3. The third-order valence-corrected chi connectivity index (χ3v) is 7.08. The molecule has 1 aromatic carbocycles. The molecule has 2 fully saturated rings. The summed E-state index contributed by atoms with van der Waals surface area (Å²) in [5.74, 6) is -0.128. The van der Waals surface area contributed by atoms with Crippen molar-refractivity contribution in [2.75, 3.05) is 26.2 Å². The van der Waals surface area contributed by atoms with Gasteiger partial charge in [0.05, 0.1) is 17.1 Å². The summed E-state index contributed by atoms with van der Waals surface area (Å²) in [5, 5.41) is 0. The van der Waals surface area contributed by atoms with Crippen LogP contribution in [0.4, 0.5) is 0 Å². The topological polar surface area (TPSA) is 66.9 Å². The van der Waals surface area contributed by atoms with E-state index in [-0.39, 0.29) is 28.9 Å². The Hall–Kier alpha value is -1.28. The van der Waals surface area contributed by atoms with E-state index in [1.165, 1.54) is 13.0 Å². The Kier molecular flexibility index (Phi) is 5.81. The Morgan fingerprint density at radius 2 is 1.92 bits per heavy atom. The first-order valence-corrected chi connectivity index (χ1v) is 10.7. The number of hydrogen-bond acceptors (Lipinski definition) is 5. The molecule has 0 N–H and O–H groups in total. The Balaban J connectivity index is 1.78. The third kappa shape index (κ3) is 4.17. The minimum absolute atomic E-state index is 0.0292. The summed E-state index contributed by atoms with van der Waals surface area (Å²) in [6, 6.07) is 6.33. The zero-order valence-electron chi connectivity index (χ0n) is 15.7. The molecule has 0 aromatic heterocycles. The van der Waals surface area contributed by atoms with Crippen molar-refractivity contribution < 1.29 is 17.9 Å². The van der Waals surface area contributed by atoms with Crippen molar-refractivity contribution in [3.05, 3.63) is 29.8 Å². The molecule has 0 spiro atoms. The van der Waals surface area contributed by atoms with Crippen LogP contribution in [-0.2, 0) is 14.8 Å². The van der Waals surface area contributed by atoms with Crippen molar-refractivity contribution in [2.45, 2.75) is 56.8 Å². The van der Waals surface area contributed by atoms with Crippen LogP contribution in [0.2, 0.25) is 0 Å².